The van der Waals surface area contributed by atoms with Crippen molar-refractivity contribution in [2.45, 2.75) is 18.9 Å². The van der Waals surface area contributed by atoms with Crippen LogP contribution in [0.25, 0.3) is 0 Å². The predicted molar refractivity (Wildman–Crippen MR) is 50.8 cm³/mol. The smallest absolute Gasteiger partial charge is 0.140 e. The number of nitrogens with zero attached hydrogens (tertiary/aromatic N) is 1. The van der Waals surface area contributed by atoms with E-state index < -0.39 is 5.82 Å². The lowest BCUT2D eigenvalue weighted by molar-refractivity contribution is 0.610. The lowest BCUT2D eigenvalue weighted by atomic mass is 10.0. The van der Waals surface area contributed by atoms with E-state index in [1.807, 2.05) is 6.07 Å². The van der Waals surface area contributed by atoms with Crippen LogP contribution in [0.2, 0.25) is 0 Å². The summed E-state index contributed by atoms with van der Waals surface area (Å²) < 4.78 is 13.0. The Kier molecular flexibility index (Phi) is 2.22. The Bertz CT molecular complexity index is 391. The molecule has 2 rings (SSSR count). The van der Waals surface area contributed by atoms with E-state index in [0.29, 0.717) is 5.92 Å². The third kappa shape index (κ3) is 1.61. The molecule has 1 saturated carbocycles. The number of halogens is 1. The molecule has 0 radical (unpaired) electrons. The molecule has 72 valence electrons. The number of hydrogen-bond acceptors (Lipinski definition) is 2. The highest BCUT2D eigenvalue weighted by atomic mass is 19.1. The van der Waals surface area contributed by atoms with Crippen molar-refractivity contribution in [2.75, 3.05) is 0 Å². The molecule has 1 aliphatic carbocycles. The molecule has 0 spiro atoms. The van der Waals surface area contributed by atoms with Crippen molar-refractivity contribution in [1.82, 2.24) is 0 Å². The molecule has 1 aliphatic rings. The molecule has 0 heterocycles. The van der Waals surface area contributed by atoms with Gasteiger partial charge < -0.3 is 5.73 Å². The molecule has 14 heavy (non-hydrogen) atoms. The quantitative estimate of drug-likeness (QED) is 0.776. The van der Waals surface area contributed by atoms with Crippen LogP contribution in [-0.4, -0.2) is 0 Å². The van der Waals surface area contributed by atoms with Gasteiger partial charge >= 0.3 is 0 Å². The second kappa shape index (κ2) is 3.39. The number of benzene rings is 1. The first kappa shape index (κ1) is 9.17. The van der Waals surface area contributed by atoms with E-state index >= 15 is 0 Å². The zero-order chi connectivity index (χ0) is 10.1. The first-order valence-corrected chi connectivity index (χ1v) is 4.67. The first-order valence-electron chi connectivity index (χ1n) is 4.67. The van der Waals surface area contributed by atoms with Crippen LogP contribution < -0.4 is 5.73 Å². The SMILES string of the molecule is N#Cc1cc(C(N)C2CC2)ccc1F. The summed E-state index contributed by atoms with van der Waals surface area (Å²) in [6.07, 6.45) is 2.28. The summed E-state index contributed by atoms with van der Waals surface area (Å²) >= 11 is 0. The Morgan fingerprint density at radius 1 is 1.50 bits per heavy atom. The number of nitrogens with two attached hydrogens (primary N) is 1. The highest BCUT2D eigenvalue weighted by Crippen LogP contribution is 2.39. The summed E-state index contributed by atoms with van der Waals surface area (Å²) in [5.41, 5.74) is 6.89. The van der Waals surface area contributed by atoms with Gasteiger partial charge in [0.15, 0.2) is 0 Å². The van der Waals surface area contributed by atoms with Gasteiger partial charge in [0.1, 0.15) is 11.9 Å². The summed E-state index contributed by atoms with van der Waals surface area (Å²) in [5.74, 6) is 0.0475. The summed E-state index contributed by atoms with van der Waals surface area (Å²) in [5, 5.41) is 8.65. The number of rotatable bonds is 2. The molecule has 2 nitrogen and oxygen atoms in total. The van der Waals surface area contributed by atoms with Crippen LogP contribution in [0.1, 0.15) is 30.0 Å². The van der Waals surface area contributed by atoms with Gasteiger partial charge in [0.25, 0.3) is 0 Å². The highest BCUT2D eigenvalue weighted by molar-refractivity contribution is 5.36. The predicted octanol–water partition coefficient (Wildman–Crippen LogP) is 2.11. The maximum Gasteiger partial charge on any atom is 0.140 e. The molecule has 1 unspecified atom stereocenters. The zero-order valence-corrected chi connectivity index (χ0v) is 7.70. The average Bonchev–Trinajstić information content (AvgIpc) is 3.01. The molecule has 0 saturated heterocycles. The van der Waals surface area contributed by atoms with Crippen LogP contribution >= 0.6 is 0 Å². The zero-order valence-electron chi connectivity index (χ0n) is 7.70. The fourth-order valence-electron chi connectivity index (χ4n) is 1.56. The Balaban J connectivity index is 2.30. The molecule has 1 aromatic carbocycles. The highest BCUT2D eigenvalue weighted by Gasteiger charge is 2.29. The molecule has 0 aliphatic heterocycles. The van der Waals surface area contributed by atoms with Crippen molar-refractivity contribution < 1.29 is 4.39 Å². The van der Waals surface area contributed by atoms with Crippen molar-refractivity contribution in [3.8, 4) is 6.07 Å². The van der Waals surface area contributed by atoms with Gasteiger partial charge in [-0.05, 0) is 36.5 Å². The molecule has 1 fully saturated rings. The topological polar surface area (TPSA) is 49.8 Å². The van der Waals surface area contributed by atoms with Gasteiger partial charge in [-0.3, -0.25) is 0 Å². The van der Waals surface area contributed by atoms with Gasteiger partial charge in [-0.15, -0.1) is 0 Å². The maximum atomic E-state index is 13.0. The number of nitriles is 1. The Hall–Kier alpha value is -1.40. The molecule has 3 heteroatoms. The third-order valence-electron chi connectivity index (χ3n) is 2.63. The van der Waals surface area contributed by atoms with Gasteiger partial charge in [-0.25, -0.2) is 4.39 Å². The normalized spacial score (nSPS) is 17.5. The van der Waals surface area contributed by atoms with Gasteiger partial charge in [0.05, 0.1) is 5.56 Å². The summed E-state index contributed by atoms with van der Waals surface area (Å²) in [6, 6.07) is 6.32. The Morgan fingerprint density at radius 2 is 2.21 bits per heavy atom. The molecule has 0 bridgehead atoms. The van der Waals surface area contributed by atoms with Gasteiger partial charge in [-0.2, -0.15) is 5.26 Å². The third-order valence-corrected chi connectivity index (χ3v) is 2.63. The molecule has 1 aromatic rings. The van der Waals surface area contributed by atoms with Crippen molar-refractivity contribution in [3.05, 3.63) is 35.1 Å². The van der Waals surface area contributed by atoms with E-state index in [1.165, 1.54) is 6.07 Å². The summed E-state index contributed by atoms with van der Waals surface area (Å²) in [6.45, 7) is 0. The minimum atomic E-state index is -0.473. The maximum absolute atomic E-state index is 13.0. The fraction of sp³-hybridized carbons (Fsp3) is 0.364. The minimum absolute atomic E-state index is 0.0392. The lowest BCUT2D eigenvalue weighted by Gasteiger charge is -2.10. The minimum Gasteiger partial charge on any atom is -0.324 e. The molecule has 0 aromatic heterocycles. The van der Waals surface area contributed by atoms with E-state index in [4.69, 9.17) is 11.0 Å². The van der Waals surface area contributed by atoms with Crippen molar-refractivity contribution in [3.63, 3.8) is 0 Å². The second-order valence-electron chi connectivity index (χ2n) is 3.71. The van der Waals surface area contributed by atoms with Gasteiger partial charge in [-0.1, -0.05) is 6.07 Å². The van der Waals surface area contributed by atoms with Crippen LogP contribution in [0, 0.1) is 23.1 Å². The van der Waals surface area contributed by atoms with Crippen LogP contribution in [0.15, 0.2) is 18.2 Å². The molecule has 0 amide bonds. The van der Waals surface area contributed by atoms with Crippen LogP contribution in [0.3, 0.4) is 0 Å². The van der Waals surface area contributed by atoms with E-state index in [-0.39, 0.29) is 11.6 Å². The first-order chi connectivity index (χ1) is 6.72. The lowest BCUT2D eigenvalue weighted by Crippen LogP contribution is -2.12. The Labute approximate surface area is 82.1 Å². The standard InChI is InChI=1S/C11H11FN2/c12-10-4-3-8(5-9(10)6-13)11(14)7-1-2-7/h3-5,7,11H,1-2,14H2. The van der Waals surface area contributed by atoms with Crippen LogP contribution in [0.4, 0.5) is 4.39 Å². The van der Waals surface area contributed by atoms with E-state index in [2.05, 4.69) is 0 Å². The van der Waals surface area contributed by atoms with Crippen LogP contribution in [-0.2, 0) is 0 Å². The van der Waals surface area contributed by atoms with E-state index in [9.17, 15) is 4.39 Å². The molecule has 2 N–H and O–H groups in total. The molecular weight excluding hydrogens is 179 g/mol. The van der Waals surface area contributed by atoms with Gasteiger partial charge in [0, 0.05) is 6.04 Å². The molecule has 1 atom stereocenters. The van der Waals surface area contributed by atoms with Crippen molar-refractivity contribution in [1.29, 1.82) is 5.26 Å². The number of hydrogen-bond donors (Lipinski definition) is 1. The van der Waals surface area contributed by atoms with Gasteiger partial charge in [0.2, 0.25) is 0 Å². The Morgan fingerprint density at radius 3 is 2.79 bits per heavy atom. The second-order valence-corrected chi connectivity index (χ2v) is 3.71. The monoisotopic (exact) mass is 190 g/mol. The fourth-order valence-corrected chi connectivity index (χ4v) is 1.56. The van der Waals surface area contributed by atoms with Crippen molar-refractivity contribution >= 4 is 0 Å². The average molecular weight is 190 g/mol. The summed E-state index contributed by atoms with van der Waals surface area (Å²) in [4.78, 5) is 0. The summed E-state index contributed by atoms with van der Waals surface area (Å²) in [7, 11) is 0. The molecular formula is C11H11FN2. The van der Waals surface area contributed by atoms with Crippen LogP contribution in [0.5, 0.6) is 0 Å². The largest absolute Gasteiger partial charge is 0.324 e. The van der Waals surface area contributed by atoms with E-state index in [1.54, 1.807) is 12.1 Å². The van der Waals surface area contributed by atoms with E-state index in [0.717, 1.165) is 18.4 Å². The van der Waals surface area contributed by atoms with Crippen molar-refractivity contribution in [2.24, 2.45) is 11.7 Å².